The van der Waals surface area contributed by atoms with Gasteiger partial charge in [-0.05, 0) is 24.3 Å². The van der Waals surface area contributed by atoms with Gasteiger partial charge in [-0.15, -0.1) is 5.10 Å². The van der Waals surface area contributed by atoms with Gasteiger partial charge >= 0.3 is 0 Å². The van der Waals surface area contributed by atoms with Crippen molar-refractivity contribution in [3.8, 4) is 5.82 Å². The predicted octanol–water partition coefficient (Wildman–Crippen LogP) is 1.68. The maximum Gasteiger partial charge on any atom is 0.267 e. The number of aromatic nitrogens is 5. The Hall–Kier alpha value is -3.33. The highest BCUT2D eigenvalue weighted by atomic mass is 32.1. The number of benzene rings is 1. The average molecular weight is 352 g/mol. The predicted molar refractivity (Wildman–Crippen MR) is 93.9 cm³/mol. The molecule has 8 nitrogen and oxygen atoms in total. The van der Waals surface area contributed by atoms with Crippen molar-refractivity contribution in [2.45, 2.75) is 6.54 Å². The van der Waals surface area contributed by atoms with E-state index < -0.39 is 0 Å². The van der Waals surface area contributed by atoms with Crippen LogP contribution in [0.2, 0.25) is 0 Å². The van der Waals surface area contributed by atoms with Gasteiger partial charge in [0, 0.05) is 18.5 Å². The van der Waals surface area contributed by atoms with Gasteiger partial charge < -0.3 is 5.32 Å². The van der Waals surface area contributed by atoms with Crippen molar-refractivity contribution in [1.29, 1.82) is 0 Å². The summed E-state index contributed by atoms with van der Waals surface area (Å²) in [4.78, 5) is 28.5. The standard InChI is InChI=1S/C16H12N6O2S/c23-14(19-16-18-11-4-1-2-5-12(11)25-16)10-22-15(24)7-6-13(20-22)21-9-3-8-17-21/h1-9H,10H2,(H,18,19,23). The summed E-state index contributed by atoms with van der Waals surface area (Å²) in [6, 6.07) is 12.3. The number of nitrogens with zero attached hydrogens (tertiary/aromatic N) is 5. The largest absolute Gasteiger partial charge is 0.300 e. The molecular formula is C16H12N6O2S. The van der Waals surface area contributed by atoms with E-state index in [9.17, 15) is 9.59 Å². The lowest BCUT2D eigenvalue weighted by Gasteiger charge is -2.06. The second-order valence-electron chi connectivity index (χ2n) is 5.17. The van der Waals surface area contributed by atoms with Crippen LogP contribution >= 0.6 is 11.3 Å². The summed E-state index contributed by atoms with van der Waals surface area (Å²) in [6.07, 6.45) is 3.31. The Kier molecular flexibility index (Phi) is 3.82. The molecule has 0 aliphatic carbocycles. The second-order valence-corrected chi connectivity index (χ2v) is 6.20. The number of thiazole rings is 1. The molecule has 1 aromatic carbocycles. The topological polar surface area (TPSA) is 94.7 Å². The molecule has 0 bridgehead atoms. The van der Waals surface area contributed by atoms with Crippen molar-refractivity contribution in [2.75, 3.05) is 5.32 Å². The number of para-hydroxylation sites is 1. The fraction of sp³-hybridized carbons (Fsp3) is 0.0625. The Morgan fingerprint density at radius 3 is 2.84 bits per heavy atom. The monoisotopic (exact) mass is 352 g/mol. The third kappa shape index (κ3) is 3.17. The molecule has 0 aliphatic heterocycles. The number of carbonyl (C=O) groups excluding carboxylic acids is 1. The zero-order valence-electron chi connectivity index (χ0n) is 12.9. The Labute approximate surface area is 145 Å². The van der Waals surface area contributed by atoms with Gasteiger partial charge in [-0.2, -0.15) is 5.10 Å². The van der Waals surface area contributed by atoms with E-state index in [0.717, 1.165) is 14.9 Å². The average Bonchev–Trinajstić information content (AvgIpc) is 3.25. The lowest BCUT2D eigenvalue weighted by Crippen LogP contribution is -2.30. The minimum absolute atomic E-state index is 0.204. The summed E-state index contributed by atoms with van der Waals surface area (Å²) in [6.45, 7) is -0.204. The molecule has 0 aliphatic rings. The number of hydrogen-bond acceptors (Lipinski definition) is 6. The number of carbonyl (C=O) groups is 1. The zero-order chi connectivity index (χ0) is 17.2. The molecule has 4 rings (SSSR count). The van der Waals surface area contributed by atoms with Crippen LogP contribution in [0, 0.1) is 0 Å². The van der Waals surface area contributed by atoms with Gasteiger partial charge in [-0.25, -0.2) is 14.3 Å². The summed E-state index contributed by atoms with van der Waals surface area (Å²) >= 11 is 1.38. The summed E-state index contributed by atoms with van der Waals surface area (Å²) in [5.74, 6) is 0.0867. The van der Waals surface area contributed by atoms with E-state index in [1.807, 2.05) is 24.3 Å². The van der Waals surface area contributed by atoms with Gasteiger partial charge in [0.25, 0.3) is 5.56 Å². The van der Waals surface area contributed by atoms with Crippen LogP contribution in [0.1, 0.15) is 0 Å². The summed E-state index contributed by atoms with van der Waals surface area (Å²) < 4.78 is 3.59. The van der Waals surface area contributed by atoms with Crippen LogP contribution in [0.4, 0.5) is 5.13 Å². The van der Waals surface area contributed by atoms with Crippen molar-refractivity contribution >= 4 is 32.6 Å². The fourth-order valence-corrected chi connectivity index (χ4v) is 3.18. The lowest BCUT2D eigenvalue weighted by molar-refractivity contribution is -0.117. The molecule has 9 heteroatoms. The number of fused-ring (bicyclic) bond motifs is 1. The van der Waals surface area contributed by atoms with Crippen molar-refractivity contribution < 1.29 is 4.79 Å². The first kappa shape index (κ1) is 15.2. The van der Waals surface area contributed by atoms with Crippen LogP contribution < -0.4 is 10.9 Å². The summed E-state index contributed by atoms with van der Waals surface area (Å²) in [5.41, 5.74) is 0.453. The first-order chi connectivity index (χ1) is 12.2. The second kappa shape index (κ2) is 6.29. The van der Waals surface area contributed by atoms with Gasteiger partial charge in [0.05, 0.1) is 10.2 Å². The van der Waals surface area contributed by atoms with Crippen LogP contribution in [0.3, 0.4) is 0 Å². The molecule has 0 unspecified atom stereocenters. The highest BCUT2D eigenvalue weighted by molar-refractivity contribution is 7.22. The van der Waals surface area contributed by atoms with E-state index in [-0.39, 0.29) is 18.0 Å². The number of amides is 1. The Balaban J connectivity index is 1.54. The molecule has 0 fully saturated rings. The maximum atomic E-state index is 12.2. The zero-order valence-corrected chi connectivity index (χ0v) is 13.7. The Morgan fingerprint density at radius 1 is 1.16 bits per heavy atom. The summed E-state index contributed by atoms with van der Waals surface area (Å²) in [7, 11) is 0. The van der Waals surface area contributed by atoms with Gasteiger partial charge in [0.1, 0.15) is 6.54 Å². The van der Waals surface area contributed by atoms with Crippen molar-refractivity contribution in [1.82, 2.24) is 24.5 Å². The SMILES string of the molecule is O=C(Cn1nc(-n2cccn2)ccc1=O)Nc1nc2ccccc2s1. The fourth-order valence-electron chi connectivity index (χ4n) is 2.30. The van der Waals surface area contributed by atoms with E-state index >= 15 is 0 Å². The van der Waals surface area contributed by atoms with Gasteiger partial charge in [0.15, 0.2) is 10.9 Å². The molecule has 4 aromatic rings. The number of rotatable bonds is 4. The third-order valence-corrected chi connectivity index (χ3v) is 4.38. The smallest absolute Gasteiger partial charge is 0.267 e. The van der Waals surface area contributed by atoms with E-state index in [1.54, 1.807) is 24.5 Å². The van der Waals surface area contributed by atoms with Crippen LogP contribution in [-0.2, 0) is 11.3 Å². The quantitative estimate of drug-likeness (QED) is 0.603. The molecule has 3 aromatic heterocycles. The first-order valence-electron chi connectivity index (χ1n) is 7.43. The molecule has 3 heterocycles. The van der Waals surface area contributed by atoms with E-state index in [0.29, 0.717) is 10.9 Å². The molecule has 25 heavy (non-hydrogen) atoms. The molecule has 0 atom stereocenters. The van der Waals surface area contributed by atoms with Gasteiger partial charge in [0.2, 0.25) is 5.91 Å². The molecule has 0 saturated heterocycles. The van der Waals surface area contributed by atoms with Crippen LogP contribution in [0.15, 0.2) is 59.7 Å². The molecule has 0 spiro atoms. The van der Waals surface area contributed by atoms with Gasteiger partial charge in [-0.1, -0.05) is 23.5 Å². The Morgan fingerprint density at radius 2 is 2.04 bits per heavy atom. The molecule has 0 saturated carbocycles. The third-order valence-electron chi connectivity index (χ3n) is 3.43. The van der Waals surface area contributed by atoms with E-state index in [2.05, 4.69) is 20.5 Å². The molecular weight excluding hydrogens is 340 g/mol. The van der Waals surface area contributed by atoms with Crippen LogP contribution in [-0.4, -0.2) is 30.5 Å². The molecule has 1 amide bonds. The van der Waals surface area contributed by atoms with Crippen LogP contribution in [0.25, 0.3) is 16.0 Å². The number of anilines is 1. The maximum absolute atomic E-state index is 12.2. The minimum Gasteiger partial charge on any atom is -0.300 e. The van der Waals surface area contributed by atoms with Crippen LogP contribution in [0.5, 0.6) is 0 Å². The normalized spacial score (nSPS) is 10.9. The molecule has 124 valence electrons. The minimum atomic E-state index is -0.369. The van der Waals surface area contributed by atoms with Crippen molar-refractivity contribution in [3.05, 3.63) is 65.2 Å². The Bertz CT molecular complexity index is 1070. The molecule has 0 radical (unpaired) electrons. The first-order valence-corrected chi connectivity index (χ1v) is 8.24. The lowest BCUT2D eigenvalue weighted by atomic mass is 10.3. The van der Waals surface area contributed by atoms with E-state index in [1.165, 1.54) is 22.1 Å². The number of nitrogens with one attached hydrogen (secondary N) is 1. The van der Waals surface area contributed by atoms with Crippen molar-refractivity contribution in [3.63, 3.8) is 0 Å². The van der Waals surface area contributed by atoms with Crippen molar-refractivity contribution in [2.24, 2.45) is 0 Å². The van der Waals surface area contributed by atoms with E-state index in [4.69, 9.17) is 0 Å². The van der Waals surface area contributed by atoms with Gasteiger partial charge in [-0.3, -0.25) is 9.59 Å². The highest BCUT2D eigenvalue weighted by Gasteiger charge is 2.11. The summed E-state index contributed by atoms with van der Waals surface area (Å²) in [5, 5.41) is 11.4. The molecule has 1 N–H and O–H groups in total. The number of hydrogen-bond donors (Lipinski definition) is 1. The highest BCUT2D eigenvalue weighted by Crippen LogP contribution is 2.25.